The van der Waals surface area contributed by atoms with Crippen LogP contribution in [0.1, 0.15) is 12.0 Å². The average molecular weight is 271 g/mol. The van der Waals surface area contributed by atoms with Crippen LogP contribution in [0.2, 0.25) is 0 Å². The summed E-state index contributed by atoms with van der Waals surface area (Å²) in [5.74, 6) is 1.02. The molecule has 1 heterocycles. The molecule has 1 aliphatic rings. The predicted molar refractivity (Wildman–Crippen MR) is 80.9 cm³/mol. The molecule has 20 heavy (non-hydrogen) atoms. The number of hydrogen-bond donors (Lipinski definition) is 1. The highest BCUT2D eigenvalue weighted by Gasteiger charge is 2.23. The van der Waals surface area contributed by atoms with Crippen LogP contribution in [0.3, 0.4) is 0 Å². The molecule has 0 spiro atoms. The molecule has 2 aromatic rings. The summed E-state index contributed by atoms with van der Waals surface area (Å²) in [6, 6.07) is 12.0. The normalized spacial score (nSPS) is 19.8. The van der Waals surface area contributed by atoms with E-state index in [0.29, 0.717) is 11.7 Å². The number of hydrogen-bond acceptors (Lipinski definition) is 3. The summed E-state index contributed by atoms with van der Waals surface area (Å²) in [7, 11) is 1.76. The van der Waals surface area contributed by atoms with Gasteiger partial charge in [0.05, 0.1) is 6.61 Å². The summed E-state index contributed by atoms with van der Waals surface area (Å²) in [5.41, 5.74) is 1.04. The summed E-state index contributed by atoms with van der Waals surface area (Å²) in [5, 5.41) is 12.5. The Balaban J connectivity index is 1.82. The van der Waals surface area contributed by atoms with E-state index in [1.165, 1.54) is 11.8 Å². The molecule has 0 radical (unpaired) electrons. The molecule has 1 saturated heterocycles. The molecule has 1 aliphatic heterocycles. The van der Waals surface area contributed by atoms with E-state index in [2.05, 4.69) is 17.0 Å². The zero-order valence-electron chi connectivity index (χ0n) is 11.9. The van der Waals surface area contributed by atoms with Crippen LogP contribution < -0.4 is 0 Å². The van der Waals surface area contributed by atoms with Crippen LogP contribution in [0.5, 0.6) is 5.75 Å². The molecule has 1 N–H and O–H groups in total. The van der Waals surface area contributed by atoms with Crippen LogP contribution in [-0.4, -0.2) is 36.8 Å². The van der Waals surface area contributed by atoms with Crippen molar-refractivity contribution in [1.82, 2.24) is 4.90 Å². The zero-order valence-corrected chi connectivity index (χ0v) is 11.9. The Labute approximate surface area is 119 Å². The Morgan fingerprint density at radius 2 is 2.10 bits per heavy atom. The highest BCUT2D eigenvalue weighted by molar-refractivity contribution is 5.87. The minimum atomic E-state index is 0.402. The van der Waals surface area contributed by atoms with Gasteiger partial charge < -0.3 is 9.84 Å². The standard InChI is InChI=1S/C17H21NO2/c1-20-12-13-8-9-18(10-13)11-16-15-5-3-2-4-14(15)6-7-17(16)19/h2-7,13,19H,8-12H2,1H3. The van der Waals surface area contributed by atoms with Crippen molar-refractivity contribution in [2.45, 2.75) is 13.0 Å². The van der Waals surface area contributed by atoms with Gasteiger partial charge in [0.25, 0.3) is 0 Å². The van der Waals surface area contributed by atoms with Crippen molar-refractivity contribution in [1.29, 1.82) is 0 Å². The van der Waals surface area contributed by atoms with Gasteiger partial charge in [-0.2, -0.15) is 0 Å². The lowest BCUT2D eigenvalue weighted by Gasteiger charge is -2.18. The predicted octanol–water partition coefficient (Wildman–Crippen LogP) is 3.01. The van der Waals surface area contributed by atoms with E-state index >= 15 is 0 Å². The maximum atomic E-state index is 10.2. The minimum Gasteiger partial charge on any atom is -0.508 e. The maximum Gasteiger partial charge on any atom is 0.120 e. The molecule has 1 unspecified atom stereocenters. The number of phenols is 1. The summed E-state index contributed by atoms with van der Waals surface area (Å²) in [6.07, 6.45) is 1.18. The molecule has 0 aliphatic carbocycles. The largest absolute Gasteiger partial charge is 0.508 e. The molecule has 1 fully saturated rings. The first kappa shape index (κ1) is 13.4. The summed E-state index contributed by atoms with van der Waals surface area (Å²) >= 11 is 0. The lowest BCUT2D eigenvalue weighted by molar-refractivity contribution is 0.152. The van der Waals surface area contributed by atoms with Gasteiger partial charge in [-0.3, -0.25) is 4.90 Å². The van der Waals surface area contributed by atoms with Crippen molar-refractivity contribution in [3.63, 3.8) is 0 Å². The third-order valence-corrected chi connectivity index (χ3v) is 4.17. The van der Waals surface area contributed by atoms with Crippen molar-refractivity contribution in [2.24, 2.45) is 5.92 Å². The number of rotatable bonds is 4. The molecule has 3 rings (SSSR count). The van der Waals surface area contributed by atoms with Gasteiger partial charge in [0, 0.05) is 25.8 Å². The molecule has 2 aromatic carbocycles. The fourth-order valence-electron chi connectivity index (χ4n) is 3.14. The van der Waals surface area contributed by atoms with E-state index in [9.17, 15) is 5.11 Å². The molecule has 1 atom stereocenters. The van der Waals surface area contributed by atoms with Gasteiger partial charge in [0.2, 0.25) is 0 Å². The van der Waals surface area contributed by atoms with Gasteiger partial charge >= 0.3 is 0 Å². The Kier molecular flexibility index (Phi) is 3.90. The lowest BCUT2D eigenvalue weighted by atomic mass is 10.0. The second kappa shape index (κ2) is 5.81. The molecule has 3 heteroatoms. The zero-order chi connectivity index (χ0) is 13.9. The number of ether oxygens (including phenoxy) is 1. The second-order valence-corrected chi connectivity index (χ2v) is 5.63. The number of nitrogens with zero attached hydrogens (tertiary/aromatic N) is 1. The van der Waals surface area contributed by atoms with Crippen molar-refractivity contribution in [3.8, 4) is 5.75 Å². The Morgan fingerprint density at radius 1 is 1.25 bits per heavy atom. The molecule has 0 saturated carbocycles. The van der Waals surface area contributed by atoms with Crippen LogP contribution in [0.25, 0.3) is 10.8 Å². The molecule has 0 bridgehead atoms. The molecule has 106 valence electrons. The summed E-state index contributed by atoms with van der Waals surface area (Å²) < 4.78 is 5.24. The van der Waals surface area contributed by atoms with Crippen LogP contribution in [0.4, 0.5) is 0 Å². The Hall–Kier alpha value is -1.58. The van der Waals surface area contributed by atoms with Crippen molar-refractivity contribution in [3.05, 3.63) is 42.0 Å². The number of phenolic OH excluding ortho intramolecular Hbond substituents is 1. The highest BCUT2D eigenvalue weighted by Crippen LogP contribution is 2.30. The van der Waals surface area contributed by atoms with E-state index in [1.54, 1.807) is 13.2 Å². The van der Waals surface area contributed by atoms with Gasteiger partial charge in [-0.25, -0.2) is 0 Å². The highest BCUT2D eigenvalue weighted by atomic mass is 16.5. The van der Waals surface area contributed by atoms with Crippen molar-refractivity contribution < 1.29 is 9.84 Å². The first-order valence-electron chi connectivity index (χ1n) is 7.19. The van der Waals surface area contributed by atoms with E-state index in [0.717, 1.165) is 37.2 Å². The van der Waals surface area contributed by atoms with Crippen molar-refractivity contribution >= 4 is 10.8 Å². The lowest BCUT2D eigenvalue weighted by Crippen LogP contribution is -2.21. The monoisotopic (exact) mass is 271 g/mol. The minimum absolute atomic E-state index is 0.402. The molecular formula is C17H21NO2. The van der Waals surface area contributed by atoms with Gasteiger partial charge in [0.1, 0.15) is 5.75 Å². The second-order valence-electron chi connectivity index (χ2n) is 5.63. The van der Waals surface area contributed by atoms with Crippen molar-refractivity contribution in [2.75, 3.05) is 26.8 Å². The van der Waals surface area contributed by atoms with E-state index in [-0.39, 0.29) is 0 Å². The number of likely N-dealkylation sites (tertiary alicyclic amines) is 1. The molecule has 0 aromatic heterocycles. The number of aromatic hydroxyl groups is 1. The third kappa shape index (κ3) is 2.65. The van der Waals surface area contributed by atoms with Gasteiger partial charge in [-0.05, 0) is 35.7 Å². The SMILES string of the molecule is COCC1CCN(Cc2c(O)ccc3ccccc23)C1. The van der Waals surface area contributed by atoms with Gasteiger partial charge in [0.15, 0.2) is 0 Å². The molecule has 3 nitrogen and oxygen atoms in total. The Morgan fingerprint density at radius 3 is 2.95 bits per heavy atom. The third-order valence-electron chi connectivity index (χ3n) is 4.17. The number of methoxy groups -OCH3 is 1. The number of fused-ring (bicyclic) bond motifs is 1. The first-order valence-corrected chi connectivity index (χ1v) is 7.19. The summed E-state index contributed by atoms with van der Waals surface area (Å²) in [6.45, 7) is 3.78. The number of benzene rings is 2. The van der Waals surface area contributed by atoms with E-state index in [1.807, 2.05) is 18.2 Å². The van der Waals surface area contributed by atoms with Crippen LogP contribution >= 0.6 is 0 Å². The fraction of sp³-hybridized carbons (Fsp3) is 0.412. The van der Waals surface area contributed by atoms with E-state index < -0.39 is 0 Å². The van der Waals surface area contributed by atoms with Gasteiger partial charge in [-0.1, -0.05) is 30.3 Å². The fourth-order valence-corrected chi connectivity index (χ4v) is 3.14. The smallest absolute Gasteiger partial charge is 0.120 e. The Bertz CT molecular complexity index is 597. The quantitative estimate of drug-likeness (QED) is 0.928. The first-order chi connectivity index (χ1) is 9.78. The maximum absolute atomic E-state index is 10.2. The van der Waals surface area contributed by atoms with Gasteiger partial charge in [-0.15, -0.1) is 0 Å². The van der Waals surface area contributed by atoms with Crippen LogP contribution in [-0.2, 0) is 11.3 Å². The molecule has 0 amide bonds. The average Bonchev–Trinajstić information content (AvgIpc) is 2.90. The molecular weight excluding hydrogens is 250 g/mol. The van der Waals surface area contributed by atoms with Crippen LogP contribution in [0, 0.1) is 5.92 Å². The topological polar surface area (TPSA) is 32.7 Å². The summed E-state index contributed by atoms with van der Waals surface area (Å²) in [4.78, 5) is 2.41. The van der Waals surface area contributed by atoms with E-state index in [4.69, 9.17) is 4.74 Å². The van der Waals surface area contributed by atoms with Crippen LogP contribution in [0.15, 0.2) is 36.4 Å².